The van der Waals surface area contributed by atoms with Crippen LogP contribution in [-0.4, -0.2) is 17.1 Å². The van der Waals surface area contributed by atoms with E-state index in [1.165, 1.54) is 0 Å². The van der Waals surface area contributed by atoms with Crippen LogP contribution in [-0.2, 0) is 0 Å². The first kappa shape index (κ1) is 12.3. The molecule has 0 saturated carbocycles. The third-order valence-corrected chi connectivity index (χ3v) is 2.54. The number of hydrogen-bond acceptors (Lipinski definition) is 4. The summed E-state index contributed by atoms with van der Waals surface area (Å²) in [5, 5.41) is 0. The molecule has 4 nitrogen and oxygen atoms in total. The largest absolute Gasteiger partial charge is 0.497 e. The van der Waals surface area contributed by atoms with Crippen molar-refractivity contribution in [3.05, 3.63) is 48.2 Å². The first-order valence-corrected chi connectivity index (χ1v) is 5.67. The summed E-state index contributed by atoms with van der Waals surface area (Å²) in [6.45, 7) is 0. The second-order valence-corrected chi connectivity index (χ2v) is 3.96. The second-order valence-electron chi connectivity index (χ2n) is 3.52. The summed E-state index contributed by atoms with van der Waals surface area (Å²) in [7, 11) is 1.61. The van der Waals surface area contributed by atoms with E-state index < -0.39 is 0 Å². The van der Waals surface area contributed by atoms with E-state index in [0.717, 1.165) is 11.3 Å². The normalized spacial score (nSPS) is 9.83. The Labute approximate surface area is 110 Å². The minimum Gasteiger partial charge on any atom is -0.497 e. The fourth-order valence-electron chi connectivity index (χ4n) is 1.38. The summed E-state index contributed by atoms with van der Waals surface area (Å²) in [6, 6.07) is 10.7. The average Bonchev–Trinajstić information content (AvgIpc) is 2.40. The summed E-state index contributed by atoms with van der Waals surface area (Å²) in [5.41, 5.74) is 6.27. The Morgan fingerprint density at radius 3 is 2.44 bits per heavy atom. The predicted molar refractivity (Wildman–Crippen MR) is 73.2 cm³/mol. The molecule has 1 aromatic heterocycles. The predicted octanol–water partition coefficient (Wildman–Crippen LogP) is 2.52. The number of methoxy groups -OCH3 is 1. The first-order valence-electron chi connectivity index (χ1n) is 5.27. The summed E-state index contributed by atoms with van der Waals surface area (Å²) in [4.78, 5) is 4.41. The Kier molecular flexibility index (Phi) is 3.74. The van der Waals surface area contributed by atoms with Gasteiger partial charge in [-0.05, 0) is 30.3 Å². The maximum Gasteiger partial charge on any atom is 0.219 e. The van der Waals surface area contributed by atoms with E-state index in [2.05, 4.69) is 4.98 Å². The highest BCUT2D eigenvalue weighted by molar-refractivity contribution is 7.80. The Morgan fingerprint density at radius 1 is 1.17 bits per heavy atom. The lowest BCUT2D eigenvalue weighted by atomic mass is 10.2. The van der Waals surface area contributed by atoms with Gasteiger partial charge in [0, 0.05) is 17.8 Å². The molecule has 0 spiro atoms. The highest BCUT2D eigenvalue weighted by Crippen LogP contribution is 2.22. The van der Waals surface area contributed by atoms with Gasteiger partial charge in [-0.3, -0.25) is 0 Å². The lowest BCUT2D eigenvalue weighted by Gasteiger charge is -2.06. The zero-order valence-corrected chi connectivity index (χ0v) is 10.6. The van der Waals surface area contributed by atoms with Crippen molar-refractivity contribution in [3.63, 3.8) is 0 Å². The maximum atomic E-state index is 5.59. The van der Waals surface area contributed by atoms with Gasteiger partial charge in [-0.15, -0.1) is 0 Å². The Balaban J connectivity index is 2.17. The highest BCUT2D eigenvalue weighted by Gasteiger charge is 2.02. The van der Waals surface area contributed by atoms with Crippen LogP contribution in [0.15, 0.2) is 42.6 Å². The van der Waals surface area contributed by atoms with Gasteiger partial charge in [-0.2, -0.15) is 0 Å². The molecule has 0 aliphatic rings. The minimum atomic E-state index is 0.317. The van der Waals surface area contributed by atoms with E-state index in [1.54, 1.807) is 37.6 Å². The fraction of sp³-hybridized carbons (Fsp3) is 0.0769. The van der Waals surface area contributed by atoms with Gasteiger partial charge in [0.2, 0.25) is 5.88 Å². The van der Waals surface area contributed by atoms with Crippen LogP contribution in [0.4, 0.5) is 0 Å². The molecule has 1 aromatic carbocycles. The number of aromatic nitrogens is 1. The number of benzene rings is 1. The van der Waals surface area contributed by atoms with Crippen LogP contribution in [0.5, 0.6) is 17.4 Å². The van der Waals surface area contributed by atoms with Crippen molar-refractivity contribution < 1.29 is 9.47 Å². The van der Waals surface area contributed by atoms with E-state index in [0.29, 0.717) is 16.6 Å². The van der Waals surface area contributed by atoms with Crippen molar-refractivity contribution in [2.45, 2.75) is 0 Å². The van der Waals surface area contributed by atoms with Crippen LogP contribution in [0.3, 0.4) is 0 Å². The standard InChI is InChI=1S/C13H12N2O2S/c1-16-10-2-4-11(5-3-10)17-12-8-9(13(14)18)6-7-15-12/h2-8H,1H3,(H2,14,18). The molecule has 0 saturated heterocycles. The number of nitrogens with two attached hydrogens (primary N) is 1. The topological polar surface area (TPSA) is 57.4 Å². The number of pyridine rings is 1. The smallest absolute Gasteiger partial charge is 0.219 e. The van der Waals surface area contributed by atoms with Gasteiger partial charge < -0.3 is 15.2 Å². The van der Waals surface area contributed by atoms with Gasteiger partial charge >= 0.3 is 0 Å². The van der Waals surface area contributed by atoms with Crippen molar-refractivity contribution in [1.29, 1.82) is 0 Å². The molecule has 0 amide bonds. The summed E-state index contributed by atoms with van der Waals surface area (Å²) >= 11 is 4.90. The molecule has 2 aromatic rings. The van der Waals surface area contributed by atoms with E-state index in [4.69, 9.17) is 27.4 Å². The average molecular weight is 260 g/mol. The van der Waals surface area contributed by atoms with E-state index in [-0.39, 0.29) is 0 Å². The van der Waals surface area contributed by atoms with Crippen molar-refractivity contribution in [2.75, 3.05) is 7.11 Å². The number of nitrogens with zero attached hydrogens (tertiary/aromatic N) is 1. The molecular formula is C13H12N2O2S. The molecule has 18 heavy (non-hydrogen) atoms. The van der Waals surface area contributed by atoms with Crippen LogP contribution in [0.25, 0.3) is 0 Å². The lowest BCUT2D eigenvalue weighted by molar-refractivity contribution is 0.412. The van der Waals surface area contributed by atoms with Gasteiger partial charge in [-0.1, -0.05) is 12.2 Å². The second kappa shape index (κ2) is 5.46. The third kappa shape index (κ3) is 2.95. The van der Waals surface area contributed by atoms with Crippen LogP contribution < -0.4 is 15.2 Å². The minimum absolute atomic E-state index is 0.317. The summed E-state index contributed by atoms with van der Waals surface area (Å²) < 4.78 is 10.7. The molecule has 0 aliphatic heterocycles. The van der Waals surface area contributed by atoms with Crippen LogP contribution in [0.2, 0.25) is 0 Å². The molecule has 2 rings (SSSR count). The molecule has 92 valence electrons. The maximum absolute atomic E-state index is 5.59. The molecule has 5 heteroatoms. The van der Waals surface area contributed by atoms with Gasteiger partial charge in [0.05, 0.1) is 7.11 Å². The van der Waals surface area contributed by atoms with Crippen molar-refractivity contribution in [1.82, 2.24) is 4.98 Å². The Morgan fingerprint density at radius 2 is 1.83 bits per heavy atom. The van der Waals surface area contributed by atoms with Gasteiger partial charge in [0.25, 0.3) is 0 Å². The summed E-state index contributed by atoms with van der Waals surface area (Å²) in [5.74, 6) is 1.89. The monoisotopic (exact) mass is 260 g/mol. The Bertz CT molecular complexity index is 555. The van der Waals surface area contributed by atoms with Crippen molar-refractivity contribution in [3.8, 4) is 17.4 Å². The molecular weight excluding hydrogens is 248 g/mol. The number of hydrogen-bond donors (Lipinski definition) is 1. The first-order chi connectivity index (χ1) is 8.69. The molecule has 0 bridgehead atoms. The van der Waals surface area contributed by atoms with Crippen molar-refractivity contribution in [2.24, 2.45) is 5.73 Å². The molecule has 1 heterocycles. The zero-order valence-electron chi connectivity index (χ0n) is 9.79. The van der Waals surface area contributed by atoms with Crippen molar-refractivity contribution >= 4 is 17.2 Å². The Hall–Kier alpha value is -2.14. The highest BCUT2D eigenvalue weighted by atomic mass is 32.1. The van der Waals surface area contributed by atoms with E-state index in [9.17, 15) is 0 Å². The van der Waals surface area contributed by atoms with E-state index >= 15 is 0 Å². The third-order valence-electron chi connectivity index (χ3n) is 2.30. The van der Waals surface area contributed by atoms with E-state index in [1.807, 2.05) is 12.1 Å². The summed E-state index contributed by atoms with van der Waals surface area (Å²) in [6.07, 6.45) is 1.60. The molecule has 0 radical (unpaired) electrons. The van der Waals surface area contributed by atoms with Gasteiger partial charge in [0.15, 0.2) is 0 Å². The number of ether oxygens (including phenoxy) is 2. The molecule has 0 unspecified atom stereocenters. The fourth-order valence-corrected chi connectivity index (χ4v) is 1.51. The van der Waals surface area contributed by atoms with Crippen LogP contribution in [0.1, 0.15) is 5.56 Å². The van der Waals surface area contributed by atoms with Gasteiger partial charge in [0.1, 0.15) is 16.5 Å². The number of thiocarbonyl (C=S) groups is 1. The lowest BCUT2D eigenvalue weighted by Crippen LogP contribution is -2.09. The quantitative estimate of drug-likeness (QED) is 0.856. The molecule has 0 aliphatic carbocycles. The van der Waals surface area contributed by atoms with Gasteiger partial charge in [-0.25, -0.2) is 4.98 Å². The SMILES string of the molecule is COc1ccc(Oc2cc(C(N)=S)ccn2)cc1. The zero-order chi connectivity index (χ0) is 13.0. The van der Waals surface area contributed by atoms with Crippen LogP contribution >= 0.6 is 12.2 Å². The molecule has 2 N–H and O–H groups in total. The number of rotatable bonds is 4. The van der Waals surface area contributed by atoms with Crippen LogP contribution in [0, 0.1) is 0 Å². The molecule has 0 atom stereocenters. The molecule has 0 fully saturated rings.